The Kier molecular flexibility index (Phi) is 14.5. The average Bonchev–Trinajstić information content (AvgIpc) is 3.34. The molecule has 4 aromatic carbocycles. The van der Waals surface area contributed by atoms with Gasteiger partial charge in [-0.3, -0.25) is 0 Å². The second-order valence-corrected chi connectivity index (χ2v) is 12.7. The van der Waals surface area contributed by atoms with Crippen LogP contribution in [0.15, 0.2) is 60.7 Å². The molecular weight excluding hydrogens is 522 g/mol. The van der Waals surface area contributed by atoms with E-state index in [2.05, 4.69) is 116 Å². The van der Waals surface area contributed by atoms with E-state index in [1.54, 1.807) is 0 Å². The van der Waals surface area contributed by atoms with E-state index in [0.29, 0.717) is 11.8 Å². The zero-order valence-electron chi connectivity index (χ0n) is 21.3. The maximum absolute atomic E-state index is 4.93. The molecule has 0 spiro atoms. The quantitative estimate of drug-likeness (QED) is 0.218. The summed E-state index contributed by atoms with van der Waals surface area (Å²) in [6, 6.07) is 22.2. The van der Waals surface area contributed by atoms with Crippen LogP contribution in [0.2, 0.25) is 0 Å². The van der Waals surface area contributed by atoms with Gasteiger partial charge >= 0.3 is 37.9 Å². The molecule has 0 heterocycles. The predicted octanol–water partition coefficient (Wildman–Crippen LogP) is 11.0. The van der Waals surface area contributed by atoms with Crippen molar-refractivity contribution in [2.24, 2.45) is 0 Å². The fraction of sp³-hybridized carbons (Fsp3) is 0.367. The monoisotopic (exact) mass is 559 g/mol. The molecule has 33 heavy (non-hydrogen) atoms. The zero-order valence-corrected chi connectivity index (χ0v) is 25.3. The first-order chi connectivity index (χ1) is 15.7. The van der Waals surface area contributed by atoms with Crippen molar-refractivity contribution in [3.8, 4) is 0 Å². The van der Waals surface area contributed by atoms with Gasteiger partial charge in [-0.15, -0.1) is 69.1 Å². The van der Waals surface area contributed by atoms with Crippen molar-refractivity contribution >= 4 is 38.6 Å². The zero-order chi connectivity index (χ0) is 25.0. The third-order valence-corrected chi connectivity index (χ3v) is 5.46. The molecule has 4 rings (SSSR count). The maximum atomic E-state index is 4.93. The molecule has 0 aliphatic carbocycles. The van der Waals surface area contributed by atoms with Gasteiger partial charge in [0.2, 0.25) is 0 Å². The second kappa shape index (κ2) is 15.9. The van der Waals surface area contributed by atoms with Crippen LogP contribution < -0.4 is 0 Å². The standard InChI is InChI=1S/2C13H15.C4H9.2ClH.Zr/c2*1-9(2)12-6-4-5-11-7-10(3)8-13(11)12;1-3-4-2;;;/h2*4-9H,1-3H3;1,3-4H2,2H3;2*1H;/q3*-1;;;+2/p-2. The Morgan fingerprint density at radius 2 is 1.12 bits per heavy atom. The first-order valence-electron chi connectivity index (χ1n) is 11.8. The Balaban J connectivity index is 0.000000259. The van der Waals surface area contributed by atoms with Crippen molar-refractivity contribution in [2.45, 2.75) is 73.1 Å². The van der Waals surface area contributed by atoms with Crippen molar-refractivity contribution in [1.82, 2.24) is 0 Å². The van der Waals surface area contributed by atoms with Crippen molar-refractivity contribution in [3.63, 3.8) is 0 Å². The van der Waals surface area contributed by atoms with E-state index >= 15 is 0 Å². The molecule has 0 unspecified atom stereocenters. The Morgan fingerprint density at radius 3 is 1.39 bits per heavy atom. The van der Waals surface area contributed by atoms with E-state index in [9.17, 15) is 0 Å². The summed E-state index contributed by atoms with van der Waals surface area (Å²) < 4.78 is 0. The molecule has 0 amide bonds. The molecule has 0 aliphatic heterocycles. The Labute approximate surface area is 221 Å². The normalized spacial score (nSPS) is 10.3. The molecule has 4 aromatic rings. The van der Waals surface area contributed by atoms with Gasteiger partial charge in [0, 0.05) is 0 Å². The summed E-state index contributed by atoms with van der Waals surface area (Å²) in [5.74, 6) is 1.23. The molecule has 180 valence electrons. The third kappa shape index (κ3) is 9.72. The number of hydrogen-bond acceptors (Lipinski definition) is 0. The van der Waals surface area contributed by atoms with Gasteiger partial charge in [-0.25, -0.2) is 0 Å². The van der Waals surface area contributed by atoms with Crippen LogP contribution in [-0.2, 0) is 20.8 Å². The van der Waals surface area contributed by atoms with E-state index in [1.807, 2.05) is 0 Å². The van der Waals surface area contributed by atoms with Gasteiger partial charge in [0.25, 0.3) is 0 Å². The Hall–Kier alpha value is -0.877. The number of benzene rings is 2. The van der Waals surface area contributed by atoms with Crippen LogP contribution in [0, 0.1) is 20.8 Å². The number of fused-ring (bicyclic) bond motifs is 2. The van der Waals surface area contributed by atoms with Gasteiger partial charge in [-0.05, 0) is 11.8 Å². The van der Waals surface area contributed by atoms with Gasteiger partial charge < -0.3 is 6.92 Å². The summed E-state index contributed by atoms with van der Waals surface area (Å²) in [7, 11) is 9.87. The van der Waals surface area contributed by atoms with E-state index in [0.717, 1.165) is 6.42 Å². The molecule has 3 heteroatoms. The van der Waals surface area contributed by atoms with E-state index in [-0.39, 0.29) is 0 Å². The van der Waals surface area contributed by atoms with Crippen LogP contribution in [0.3, 0.4) is 0 Å². The van der Waals surface area contributed by atoms with Gasteiger partial charge in [0.15, 0.2) is 0 Å². The van der Waals surface area contributed by atoms with Gasteiger partial charge in [-0.2, -0.15) is 18.6 Å². The number of halogens is 2. The molecule has 0 aliphatic rings. The molecule has 0 aromatic heterocycles. The van der Waals surface area contributed by atoms with E-state index in [4.69, 9.17) is 17.0 Å². The third-order valence-electron chi connectivity index (χ3n) is 5.46. The minimum absolute atomic E-state index is 0.616. The number of rotatable bonds is 3. The van der Waals surface area contributed by atoms with Gasteiger partial charge in [-0.1, -0.05) is 78.1 Å². The van der Waals surface area contributed by atoms with Crippen LogP contribution in [0.4, 0.5) is 0 Å². The van der Waals surface area contributed by atoms with Crippen molar-refractivity contribution in [2.75, 3.05) is 0 Å². The Morgan fingerprint density at radius 1 is 0.788 bits per heavy atom. The van der Waals surface area contributed by atoms with Crippen LogP contribution in [0.25, 0.3) is 21.5 Å². The summed E-state index contributed by atoms with van der Waals surface area (Å²) in [6.45, 7) is 19.0. The summed E-state index contributed by atoms with van der Waals surface area (Å²) in [5, 5.41) is 5.61. The predicted molar refractivity (Wildman–Crippen MR) is 149 cm³/mol. The second-order valence-electron chi connectivity index (χ2n) is 9.00. The number of unbranched alkanes of at least 4 members (excludes halogenated alkanes) is 1. The van der Waals surface area contributed by atoms with Crippen LogP contribution in [-0.4, -0.2) is 0 Å². The molecule has 0 atom stereocenters. The molecule has 0 bridgehead atoms. The molecule has 0 nitrogen and oxygen atoms in total. The first kappa shape index (κ1) is 30.2. The summed E-state index contributed by atoms with van der Waals surface area (Å²) in [5.41, 5.74) is 5.66. The SMILES string of the molecule is Cc1cc2c(C(C)C)cccc2[cH-]1.Cc1cc2c(C(C)C)cccc2[cH-]1.[CH2-]CCC.[Cl][Zr][Cl]. The van der Waals surface area contributed by atoms with E-state index < -0.39 is 20.8 Å². The fourth-order valence-electron chi connectivity index (χ4n) is 3.82. The topological polar surface area (TPSA) is 0 Å². The Bertz CT molecular complexity index is 983. The number of hydrogen-bond donors (Lipinski definition) is 0. The molecule has 0 N–H and O–H groups in total. The van der Waals surface area contributed by atoms with E-state index in [1.165, 1.54) is 50.2 Å². The first-order valence-corrected chi connectivity index (χ1v) is 18.1. The van der Waals surface area contributed by atoms with Gasteiger partial charge in [0.05, 0.1) is 0 Å². The molecule has 0 radical (unpaired) electrons. The van der Waals surface area contributed by atoms with Crippen LogP contribution >= 0.6 is 17.0 Å². The molecule has 0 saturated carbocycles. The number of aryl methyl sites for hydroxylation is 2. The van der Waals surface area contributed by atoms with Gasteiger partial charge in [0.1, 0.15) is 0 Å². The van der Waals surface area contributed by atoms with Crippen molar-refractivity contribution in [1.29, 1.82) is 0 Å². The van der Waals surface area contributed by atoms with Crippen molar-refractivity contribution in [3.05, 3.63) is 89.8 Å². The van der Waals surface area contributed by atoms with Crippen molar-refractivity contribution < 1.29 is 20.8 Å². The van der Waals surface area contributed by atoms with Crippen LogP contribution in [0.5, 0.6) is 0 Å². The fourth-order valence-corrected chi connectivity index (χ4v) is 3.82. The summed E-state index contributed by atoms with van der Waals surface area (Å²) in [4.78, 5) is 0. The molecular formula is C30H39Cl2Zr-3. The van der Waals surface area contributed by atoms with Crippen LogP contribution in [0.1, 0.15) is 81.5 Å². The molecule has 0 fully saturated rings. The summed E-state index contributed by atoms with van der Waals surface area (Å²) in [6.07, 6.45) is 2.28. The molecule has 0 saturated heterocycles. The summed E-state index contributed by atoms with van der Waals surface area (Å²) >= 11 is -0.826. The minimum atomic E-state index is -0.826. The average molecular weight is 562 g/mol.